The zero-order valence-electron chi connectivity index (χ0n) is 14.6. The number of hydrogen-bond acceptors (Lipinski definition) is 4. The Labute approximate surface area is 146 Å². The Balaban J connectivity index is 1.54. The van der Waals surface area contributed by atoms with Gasteiger partial charge in [0.2, 0.25) is 0 Å². The maximum absolute atomic E-state index is 12.7. The minimum Gasteiger partial charge on any atom is -0.463 e. The van der Waals surface area contributed by atoms with Crippen LogP contribution in [0.4, 0.5) is 4.79 Å². The van der Waals surface area contributed by atoms with Gasteiger partial charge < -0.3 is 15.1 Å². The van der Waals surface area contributed by atoms with Gasteiger partial charge in [-0.25, -0.2) is 4.79 Å². The fourth-order valence-corrected chi connectivity index (χ4v) is 3.44. The highest BCUT2D eigenvalue weighted by Gasteiger charge is 2.52. The van der Waals surface area contributed by atoms with E-state index in [4.69, 9.17) is 4.42 Å². The van der Waals surface area contributed by atoms with Crippen LogP contribution in [0.25, 0.3) is 0 Å². The second kappa shape index (κ2) is 6.87. The van der Waals surface area contributed by atoms with E-state index in [9.17, 15) is 14.4 Å². The van der Waals surface area contributed by atoms with Gasteiger partial charge in [-0.2, -0.15) is 5.01 Å². The van der Waals surface area contributed by atoms with Crippen LogP contribution in [0, 0.1) is 5.92 Å². The molecule has 25 heavy (non-hydrogen) atoms. The molecule has 1 saturated carbocycles. The smallest absolute Gasteiger partial charge is 0.344 e. The van der Waals surface area contributed by atoms with Crippen LogP contribution in [0.15, 0.2) is 22.8 Å². The molecule has 0 bridgehead atoms. The number of nitrogens with two attached hydrogens (primary N) is 1. The third kappa shape index (κ3) is 3.53. The first kappa shape index (κ1) is 17.5. The predicted octanol–water partition coefficient (Wildman–Crippen LogP) is 0.436. The summed E-state index contributed by atoms with van der Waals surface area (Å²) in [5.74, 6) is 0.565. The Kier molecular flexibility index (Phi) is 4.80. The molecule has 3 rings (SSSR count). The van der Waals surface area contributed by atoms with E-state index in [-0.39, 0.29) is 18.5 Å². The summed E-state index contributed by atoms with van der Waals surface area (Å²) in [5, 5.41) is 5.40. The van der Waals surface area contributed by atoms with Gasteiger partial charge in [0.05, 0.1) is 6.26 Å². The largest absolute Gasteiger partial charge is 0.463 e. The minimum atomic E-state index is -0.845. The van der Waals surface area contributed by atoms with Crippen molar-refractivity contribution in [3.8, 4) is 0 Å². The van der Waals surface area contributed by atoms with Gasteiger partial charge in [-0.1, -0.05) is 6.92 Å². The number of urea groups is 1. The van der Waals surface area contributed by atoms with Gasteiger partial charge in [0.15, 0.2) is 12.3 Å². The normalized spacial score (nSPS) is 27.4. The van der Waals surface area contributed by atoms with Gasteiger partial charge in [0, 0.05) is 0 Å². The Hall–Kier alpha value is -2.35. The number of hydrogen-bond donors (Lipinski definition) is 3. The van der Waals surface area contributed by atoms with Gasteiger partial charge >= 0.3 is 6.03 Å². The summed E-state index contributed by atoms with van der Waals surface area (Å²) in [5.41, 5.74) is 1.59. The summed E-state index contributed by atoms with van der Waals surface area (Å²) in [6, 6.07) is 3.05. The third-order valence-electron chi connectivity index (χ3n) is 5.17. The number of amides is 4. The van der Waals surface area contributed by atoms with Crippen molar-refractivity contribution in [2.45, 2.75) is 51.1 Å². The number of hydrazine groups is 1. The number of nitrogens with one attached hydrogen (secondary N) is 2. The van der Waals surface area contributed by atoms with Gasteiger partial charge in [-0.05, 0) is 50.7 Å². The molecule has 0 radical (unpaired) electrons. The molecule has 136 valence electrons. The van der Waals surface area contributed by atoms with Crippen molar-refractivity contribution in [3.63, 3.8) is 0 Å². The lowest BCUT2D eigenvalue weighted by atomic mass is 9.77. The van der Waals surface area contributed by atoms with E-state index in [1.54, 1.807) is 17.6 Å². The zero-order valence-corrected chi connectivity index (χ0v) is 14.6. The molecule has 2 heterocycles. The molecule has 4 N–H and O–H groups in total. The van der Waals surface area contributed by atoms with Crippen molar-refractivity contribution in [2.24, 2.45) is 5.92 Å². The fourth-order valence-electron chi connectivity index (χ4n) is 3.44. The van der Waals surface area contributed by atoms with Crippen LogP contribution in [-0.4, -0.2) is 34.9 Å². The van der Waals surface area contributed by atoms with Crippen LogP contribution in [-0.2, 0) is 9.59 Å². The second-order valence-electron chi connectivity index (χ2n) is 7.11. The molecule has 1 atom stereocenters. The topological polar surface area (TPSA) is 108 Å². The van der Waals surface area contributed by atoms with E-state index in [1.807, 2.05) is 13.0 Å². The standard InChI is InChI=1S/C17H24N4O4/c1-11-5-7-17(8-6-11)15(23)21(16(24)19-17)20-14(22)10-18-12(2)13-4-3-9-25-13/h3-4,9,11-12,18H,5-8,10H2,1-2H3,(H,19,24)(H,20,22)/p+1/t11?,12-,17?/m0/s1. The number of rotatable bonds is 5. The molecule has 1 saturated heterocycles. The van der Waals surface area contributed by atoms with Gasteiger partial charge in [-0.3, -0.25) is 15.0 Å². The lowest BCUT2D eigenvalue weighted by Gasteiger charge is -2.33. The molecule has 0 unspecified atom stereocenters. The molecule has 1 aromatic rings. The quantitative estimate of drug-likeness (QED) is 0.670. The van der Waals surface area contributed by atoms with Gasteiger partial charge in [-0.15, -0.1) is 0 Å². The number of nitrogens with zero attached hydrogens (tertiary/aromatic N) is 1. The summed E-state index contributed by atoms with van der Waals surface area (Å²) in [4.78, 5) is 37.0. The molecule has 1 aliphatic heterocycles. The van der Waals surface area contributed by atoms with E-state index in [2.05, 4.69) is 17.7 Å². The second-order valence-corrected chi connectivity index (χ2v) is 7.11. The highest BCUT2D eigenvalue weighted by atomic mass is 16.3. The molecule has 2 fully saturated rings. The van der Waals surface area contributed by atoms with Crippen molar-refractivity contribution in [1.82, 2.24) is 15.8 Å². The Morgan fingerprint density at radius 3 is 2.84 bits per heavy atom. The van der Waals surface area contributed by atoms with Crippen LogP contribution < -0.4 is 16.1 Å². The number of carbonyl (C=O) groups is 3. The van der Waals surface area contributed by atoms with Crippen LogP contribution >= 0.6 is 0 Å². The molecule has 0 aromatic carbocycles. The summed E-state index contributed by atoms with van der Waals surface area (Å²) in [7, 11) is 0. The predicted molar refractivity (Wildman–Crippen MR) is 87.8 cm³/mol. The SMILES string of the molecule is CC1CCC2(CC1)NC(=O)N(NC(=O)C[NH2+][C@@H](C)c1ccco1)C2=O. The van der Waals surface area contributed by atoms with Crippen molar-refractivity contribution < 1.29 is 24.1 Å². The molecule has 1 aliphatic carbocycles. The van der Waals surface area contributed by atoms with Crippen molar-refractivity contribution in [3.05, 3.63) is 24.2 Å². The van der Waals surface area contributed by atoms with Crippen LogP contribution in [0.1, 0.15) is 51.3 Å². The van der Waals surface area contributed by atoms with Crippen molar-refractivity contribution in [2.75, 3.05) is 6.54 Å². The summed E-state index contributed by atoms with van der Waals surface area (Å²) in [6.45, 7) is 4.14. The lowest BCUT2D eigenvalue weighted by molar-refractivity contribution is -0.684. The number of quaternary nitrogens is 1. The highest BCUT2D eigenvalue weighted by Crippen LogP contribution is 2.35. The fraction of sp³-hybridized carbons (Fsp3) is 0.588. The average molecular weight is 349 g/mol. The van der Waals surface area contributed by atoms with Crippen LogP contribution in [0.2, 0.25) is 0 Å². The van der Waals surface area contributed by atoms with Gasteiger partial charge in [0.25, 0.3) is 11.8 Å². The average Bonchev–Trinajstić information content (AvgIpc) is 3.20. The maximum Gasteiger partial charge on any atom is 0.344 e. The van der Waals surface area contributed by atoms with E-state index < -0.39 is 17.5 Å². The van der Waals surface area contributed by atoms with E-state index in [0.29, 0.717) is 18.8 Å². The maximum atomic E-state index is 12.7. The first-order valence-corrected chi connectivity index (χ1v) is 8.74. The van der Waals surface area contributed by atoms with Gasteiger partial charge in [0.1, 0.15) is 11.6 Å². The summed E-state index contributed by atoms with van der Waals surface area (Å²) >= 11 is 0. The first-order valence-electron chi connectivity index (χ1n) is 8.74. The minimum absolute atomic E-state index is 0.0324. The Morgan fingerprint density at radius 2 is 2.20 bits per heavy atom. The Morgan fingerprint density at radius 1 is 1.48 bits per heavy atom. The first-order chi connectivity index (χ1) is 11.9. The van der Waals surface area contributed by atoms with E-state index in [0.717, 1.165) is 23.6 Å². The van der Waals surface area contributed by atoms with Crippen LogP contribution in [0.3, 0.4) is 0 Å². The molecule has 8 nitrogen and oxygen atoms in total. The highest BCUT2D eigenvalue weighted by molar-refractivity contribution is 6.08. The Bertz CT molecular complexity index is 650. The number of furan rings is 1. The zero-order chi connectivity index (χ0) is 18.0. The van der Waals surface area contributed by atoms with E-state index in [1.165, 1.54) is 0 Å². The molecule has 2 aliphatic rings. The van der Waals surface area contributed by atoms with Crippen LogP contribution in [0.5, 0.6) is 0 Å². The van der Waals surface area contributed by atoms with E-state index >= 15 is 0 Å². The molecule has 8 heteroatoms. The van der Waals surface area contributed by atoms with Crippen molar-refractivity contribution >= 4 is 17.8 Å². The molecule has 1 spiro atoms. The monoisotopic (exact) mass is 349 g/mol. The van der Waals surface area contributed by atoms with Crippen molar-refractivity contribution in [1.29, 1.82) is 0 Å². The summed E-state index contributed by atoms with van der Waals surface area (Å²) in [6.07, 6.45) is 4.60. The summed E-state index contributed by atoms with van der Waals surface area (Å²) < 4.78 is 5.29. The number of carbonyl (C=O) groups excluding carboxylic acids is 3. The third-order valence-corrected chi connectivity index (χ3v) is 5.17. The molecule has 1 aromatic heterocycles. The number of imide groups is 1. The molecular weight excluding hydrogens is 324 g/mol. The molecular formula is C17H25N4O4+. The lowest BCUT2D eigenvalue weighted by Crippen LogP contribution is -2.87. The molecule has 4 amide bonds.